The first-order valence-corrected chi connectivity index (χ1v) is 4.17. The second-order valence-electron chi connectivity index (χ2n) is 1.79. The molecule has 1 heterocycles. The normalized spacial score (nSPS) is 10.2. The topological polar surface area (TPSA) is 27.1 Å². The first-order valence-electron chi connectivity index (χ1n) is 3.09. The summed E-state index contributed by atoms with van der Waals surface area (Å²) < 4.78 is 8.09. The Hall–Kier alpha value is -0.100. The summed E-state index contributed by atoms with van der Waals surface area (Å²) in [6.45, 7) is 3.33. The summed E-state index contributed by atoms with van der Waals surface area (Å²) in [5, 5.41) is 0. The van der Waals surface area contributed by atoms with E-state index in [1.807, 2.05) is 17.7 Å². The van der Waals surface area contributed by atoms with Crippen molar-refractivity contribution < 1.29 is 4.74 Å². The minimum Gasteiger partial charge on any atom is -0.361 e. The molecule has 0 N–H and O–H groups in total. The molecule has 1 aromatic heterocycles. The molecule has 1 rings (SSSR count). The second kappa shape index (κ2) is 3.92. The fourth-order valence-electron chi connectivity index (χ4n) is 0.597. The van der Waals surface area contributed by atoms with Crippen molar-refractivity contribution in [2.45, 2.75) is 13.7 Å². The molecule has 0 saturated heterocycles. The monoisotopic (exact) mass is 252 g/mol. The Morgan fingerprint density at radius 2 is 2.60 bits per heavy atom. The Labute approximate surface area is 73.5 Å². The smallest absolute Gasteiger partial charge is 0.173 e. The van der Waals surface area contributed by atoms with Crippen LogP contribution in [-0.4, -0.2) is 16.2 Å². The van der Waals surface area contributed by atoms with Gasteiger partial charge in [-0.05, 0) is 29.5 Å². The van der Waals surface area contributed by atoms with Crippen LogP contribution in [0.2, 0.25) is 0 Å². The number of rotatable bonds is 3. The highest BCUT2D eigenvalue weighted by molar-refractivity contribution is 14.1. The van der Waals surface area contributed by atoms with Crippen LogP contribution in [0.25, 0.3) is 0 Å². The van der Waals surface area contributed by atoms with E-state index < -0.39 is 0 Å². The van der Waals surface area contributed by atoms with Crippen LogP contribution in [0.4, 0.5) is 0 Å². The second-order valence-corrected chi connectivity index (χ2v) is 2.75. The first-order chi connectivity index (χ1) is 4.84. The zero-order valence-corrected chi connectivity index (χ0v) is 7.91. The molecule has 0 atom stereocenters. The maximum atomic E-state index is 5.18. The third-order valence-electron chi connectivity index (χ3n) is 1.10. The molecule has 0 spiro atoms. The fraction of sp³-hybridized carbons (Fsp3) is 0.500. The van der Waals surface area contributed by atoms with Crippen molar-refractivity contribution in [1.82, 2.24) is 9.55 Å². The Kier molecular flexibility index (Phi) is 3.14. The molecular formula is C6H9IN2O. The van der Waals surface area contributed by atoms with Gasteiger partial charge in [0.1, 0.15) is 6.73 Å². The van der Waals surface area contributed by atoms with Crippen molar-refractivity contribution in [2.24, 2.45) is 0 Å². The standard InChI is InChI=1S/C6H9IN2O/c1-2-10-5-9-4-3-8-6(9)7/h3-4H,2,5H2,1H3. The molecule has 0 aromatic carbocycles. The average molecular weight is 252 g/mol. The summed E-state index contributed by atoms with van der Waals surface area (Å²) in [5.41, 5.74) is 0. The van der Waals surface area contributed by atoms with Crippen molar-refractivity contribution in [3.05, 3.63) is 16.2 Å². The molecule has 0 amide bonds. The number of imidazole rings is 1. The third-order valence-corrected chi connectivity index (χ3v) is 2.00. The van der Waals surface area contributed by atoms with Crippen molar-refractivity contribution in [3.8, 4) is 0 Å². The minimum atomic E-state index is 0.606. The van der Waals surface area contributed by atoms with Crippen LogP contribution in [0.3, 0.4) is 0 Å². The Balaban J connectivity index is 2.49. The molecule has 56 valence electrons. The average Bonchev–Trinajstić information content (AvgIpc) is 2.31. The van der Waals surface area contributed by atoms with Crippen LogP contribution in [0.1, 0.15) is 6.92 Å². The lowest BCUT2D eigenvalue weighted by Gasteiger charge is -2.01. The van der Waals surface area contributed by atoms with E-state index in [1.165, 1.54) is 0 Å². The lowest BCUT2D eigenvalue weighted by atomic mass is 10.8. The molecule has 0 fully saturated rings. The van der Waals surface area contributed by atoms with Gasteiger partial charge in [0.15, 0.2) is 3.83 Å². The van der Waals surface area contributed by atoms with Crippen LogP contribution in [0.5, 0.6) is 0 Å². The Morgan fingerprint density at radius 1 is 1.80 bits per heavy atom. The van der Waals surface area contributed by atoms with E-state index in [-0.39, 0.29) is 0 Å². The van der Waals surface area contributed by atoms with Gasteiger partial charge in [0.25, 0.3) is 0 Å². The van der Waals surface area contributed by atoms with Crippen LogP contribution >= 0.6 is 22.6 Å². The maximum absolute atomic E-state index is 5.18. The lowest BCUT2D eigenvalue weighted by molar-refractivity contribution is 0.0860. The van der Waals surface area contributed by atoms with E-state index in [2.05, 4.69) is 27.6 Å². The van der Waals surface area contributed by atoms with Crippen LogP contribution in [0.15, 0.2) is 12.4 Å². The molecule has 0 unspecified atom stereocenters. The molecule has 0 bridgehead atoms. The minimum absolute atomic E-state index is 0.606. The van der Waals surface area contributed by atoms with Gasteiger partial charge in [-0.1, -0.05) is 0 Å². The summed E-state index contributed by atoms with van der Waals surface area (Å²) in [6, 6.07) is 0. The van der Waals surface area contributed by atoms with Crippen LogP contribution in [0, 0.1) is 3.83 Å². The van der Waals surface area contributed by atoms with E-state index in [0.29, 0.717) is 6.73 Å². The van der Waals surface area contributed by atoms with E-state index in [4.69, 9.17) is 4.74 Å². The molecule has 0 radical (unpaired) electrons. The number of hydrogen-bond donors (Lipinski definition) is 0. The molecule has 0 aliphatic heterocycles. The van der Waals surface area contributed by atoms with Gasteiger partial charge in [-0.25, -0.2) is 4.98 Å². The third kappa shape index (κ3) is 1.95. The summed E-state index contributed by atoms with van der Waals surface area (Å²) in [4.78, 5) is 4.04. The van der Waals surface area contributed by atoms with Crippen molar-refractivity contribution in [1.29, 1.82) is 0 Å². The molecule has 10 heavy (non-hydrogen) atoms. The molecular weight excluding hydrogens is 243 g/mol. The highest BCUT2D eigenvalue weighted by atomic mass is 127. The molecule has 4 heteroatoms. The number of nitrogens with zero attached hydrogens (tertiary/aromatic N) is 2. The van der Waals surface area contributed by atoms with Crippen molar-refractivity contribution in [2.75, 3.05) is 6.61 Å². The number of ether oxygens (including phenoxy) is 1. The molecule has 1 aromatic rings. The van der Waals surface area contributed by atoms with Gasteiger partial charge in [-0.3, -0.25) is 0 Å². The van der Waals surface area contributed by atoms with Gasteiger partial charge in [0.05, 0.1) is 0 Å². The van der Waals surface area contributed by atoms with E-state index in [0.717, 1.165) is 10.4 Å². The molecule has 3 nitrogen and oxygen atoms in total. The van der Waals surface area contributed by atoms with Gasteiger partial charge in [0, 0.05) is 19.0 Å². The van der Waals surface area contributed by atoms with Gasteiger partial charge < -0.3 is 9.30 Å². The SMILES string of the molecule is CCOCn1ccnc1I. The largest absolute Gasteiger partial charge is 0.361 e. The number of hydrogen-bond acceptors (Lipinski definition) is 2. The maximum Gasteiger partial charge on any atom is 0.173 e. The summed E-state index contributed by atoms with van der Waals surface area (Å²) >= 11 is 2.17. The molecule has 0 saturated carbocycles. The van der Waals surface area contributed by atoms with Gasteiger partial charge >= 0.3 is 0 Å². The van der Waals surface area contributed by atoms with Crippen LogP contribution < -0.4 is 0 Å². The number of halogens is 1. The van der Waals surface area contributed by atoms with Crippen LogP contribution in [-0.2, 0) is 11.5 Å². The van der Waals surface area contributed by atoms with Crippen molar-refractivity contribution >= 4 is 22.6 Å². The zero-order valence-electron chi connectivity index (χ0n) is 5.75. The summed E-state index contributed by atoms with van der Waals surface area (Å²) in [6.07, 6.45) is 3.66. The van der Waals surface area contributed by atoms with Crippen molar-refractivity contribution in [3.63, 3.8) is 0 Å². The lowest BCUT2D eigenvalue weighted by Crippen LogP contribution is -2.02. The predicted molar refractivity (Wildman–Crippen MR) is 46.6 cm³/mol. The van der Waals surface area contributed by atoms with E-state index in [1.54, 1.807) is 6.20 Å². The van der Waals surface area contributed by atoms with Gasteiger partial charge in [-0.15, -0.1) is 0 Å². The first kappa shape index (κ1) is 8.00. The molecule has 0 aliphatic carbocycles. The fourth-order valence-corrected chi connectivity index (χ4v) is 1.06. The summed E-state index contributed by atoms with van der Waals surface area (Å²) in [5.74, 6) is 0. The van der Waals surface area contributed by atoms with Gasteiger partial charge in [0.2, 0.25) is 0 Å². The summed E-state index contributed by atoms with van der Waals surface area (Å²) in [7, 11) is 0. The van der Waals surface area contributed by atoms with E-state index >= 15 is 0 Å². The molecule has 0 aliphatic rings. The van der Waals surface area contributed by atoms with E-state index in [9.17, 15) is 0 Å². The highest BCUT2D eigenvalue weighted by Crippen LogP contribution is 2.00. The quantitative estimate of drug-likeness (QED) is 0.762. The number of aromatic nitrogens is 2. The van der Waals surface area contributed by atoms with Gasteiger partial charge in [-0.2, -0.15) is 0 Å². The predicted octanol–water partition coefficient (Wildman–Crippen LogP) is 1.48. The highest BCUT2D eigenvalue weighted by Gasteiger charge is 1.94. The zero-order chi connectivity index (χ0) is 7.40. The Morgan fingerprint density at radius 3 is 3.10 bits per heavy atom. The Bertz CT molecular complexity index is 199.